The van der Waals surface area contributed by atoms with E-state index in [-0.39, 0.29) is 11.6 Å². The summed E-state index contributed by atoms with van der Waals surface area (Å²) in [5, 5.41) is 11.9. The average molecular weight is 225 g/mol. The first kappa shape index (κ1) is 10.9. The minimum Gasteiger partial charge on any atom is -0.478 e. The number of benzene rings is 1. The maximum absolute atomic E-state index is 13.3. The predicted molar refractivity (Wildman–Crippen MR) is 56.2 cm³/mol. The lowest BCUT2D eigenvalue weighted by atomic mass is 10.1. The van der Waals surface area contributed by atoms with Gasteiger partial charge in [0.2, 0.25) is 0 Å². The van der Waals surface area contributed by atoms with Crippen LogP contribution >= 0.6 is 0 Å². The number of hydrogen-bond donors (Lipinski definition) is 2. The van der Waals surface area contributed by atoms with Gasteiger partial charge in [-0.05, 0) is 18.6 Å². The van der Waals surface area contributed by atoms with E-state index in [1.165, 1.54) is 6.07 Å². The molecular formula is C11H12FNO3. The second-order valence-electron chi connectivity index (χ2n) is 3.67. The number of rotatable bonds is 3. The molecule has 4 nitrogen and oxygen atoms in total. The maximum atomic E-state index is 13.3. The minimum atomic E-state index is -1.26. The zero-order chi connectivity index (χ0) is 11.5. The lowest BCUT2D eigenvalue weighted by molar-refractivity contribution is 0.0693. The zero-order valence-corrected chi connectivity index (χ0v) is 8.57. The van der Waals surface area contributed by atoms with E-state index in [9.17, 15) is 9.18 Å². The molecule has 0 bridgehead atoms. The standard InChI is InChI=1S/C11H12FNO3/c12-8-2-1-3-9(10(8)11(14)15)13-7-4-5-16-6-7/h1-3,7,13H,4-6H2,(H,14,15). The van der Waals surface area contributed by atoms with Crippen LogP contribution in [0.15, 0.2) is 18.2 Å². The molecule has 1 aliphatic heterocycles. The van der Waals surface area contributed by atoms with Crippen LogP contribution in [0.1, 0.15) is 16.8 Å². The molecule has 1 aliphatic rings. The highest BCUT2D eigenvalue weighted by atomic mass is 19.1. The number of hydrogen-bond acceptors (Lipinski definition) is 3. The number of halogens is 1. The Labute approximate surface area is 92.0 Å². The largest absolute Gasteiger partial charge is 0.478 e. The van der Waals surface area contributed by atoms with Gasteiger partial charge in [0.25, 0.3) is 0 Å². The van der Waals surface area contributed by atoms with Crippen molar-refractivity contribution in [2.75, 3.05) is 18.5 Å². The van der Waals surface area contributed by atoms with Crippen molar-refractivity contribution in [1.82, 2.24) is 0 Å². The molecule has 86 valence electrons. The Bertz CT molecular complexity index is 402. The van der Waals surface area contributed by atoms with Crippen LogP contribution in [-0.4, -0.2) is 30.3 Å². The Balaban J connectivity index is 2.25. The fourth-order valence-electron chi connectivity index (χ4n) is 1.73. The molecule has 1 saturated heterocycles. The lowest BCUT2D eigenvalue weighted by Crippen LogP contribution is -2.21. The van der Waals surface area contributed by atoms with Crippen molar-refractivity contribution < 1.29 is 19.0 Å². The van der Waals surface area contributed by atoms with E-state index in [1.54, 1.807) is 6.07 Å². The molecule has 1 atom stereocenters. The molecule has 0 aliphatic carbocycles. The van der Waals surface area contributed by atoms with Gasteiger partial charge >= 0.3 is 5.97 Å². The van der Waals surface area contributed by atoms with Crippen molar-refractivity contribution >= 4 is 11.7 Å². The highest BCUT2D eigenvalue weighted by Crippen LogP contribution is 2.21. The summed E-state index contributed by atoms with van der Waals surface area (Å²) in [7, 11) is 0. The molecule has 1 heterocycles. The van der Waals surface area contributed by atoms with E-state index < -0.39 is 11.8 Å². The monoisotopic (exact) mass is 225 g/mol. The van der Waals surface area contributed by atoms with E-state index >= 15 is 0 Å². The van der Waals surface area contributed by atoms with Crippen molar-refractivity contribution in [2.45, 2.75) is 12.5 Å². The lowest BCUT2D eigenvalue weighted by Gasteiger charge is -2.14. The zero-order valence-electron chi connectivity index (χ0n) is 8.57. The highest BCUT2D eigenvalue weighted by Gasteiger charge is 2.20. The fraction of sp³-hybridized carbons (Fsp3) is 0.364. The molecule has 0 radical (unpaired) electrons. The van der Waals surface area contributed by atoms with Gasteiger partial charge in [0.1, 0.15) is 11.4 Å². The Morgan fingerprint density at radius 3 is 3.00 bits per heavy atom. The van der Waals surface area contributed by atoms with Crippen molar-refractivity contribution in [3.8, 4) is 0 Å². The third-order valence-electron chi connectivity index (χ3n) is 2.52. The molecule has 16 heavy (non-hydrogen) atoms. The third kappa shape index (κ3) is 2.14. The van der Waals surface area contributed by atoms with Crippen molar-refractivity contribution in [1.29, 1.82) is 0 Å². The summed E-state index contributed by atoms with van der Waals surface area (Å²) >= 11 is 0. The molecule has 0 aromatic heterocycles. The molecule has 2 N–H and O–H groups in total. The van der Waals surface area contributed by atoms with E-state index in [0.29, 0.717) is 18.9 Å². The summed E-state index contributed by atoms with van der Waals surface area (Å²) in [5.41, 5.74) is -0.00241. The molecular weight excluding hydrogens is 213 g/mol. The van der Waals surface area contributed by atoms with Gasteiger partial charge in [-0.15, -0.1) is 0 Å². The Kier molecular flexibility index (Phi) is 3.05. The van der Waals surface area contributed by atoms with Gasteiger partial charge in [-0.2, -0.15) is 0 Å². The van der Waals surface area contributed by atoms with Crippen LogP contribution in [-0.2, 0) is 4.74 Å². The van der Waals surface area contributed by atoms with Gasteiger partial charge in [-0.3, -0.25) is 0 Å². The summed E-state index contributed by atoms with van der Waals surface area (Å²) in [4.78, 5) is 10.9. The summed E-state index contributed by atoms with van der Waals surface area (Å²) in [5.74, 6) is -1.99. The van der Waals surface area contributed by atoms with Crippen LogP contribution in [0.25, 0.3) is 0 Å². The number of carboxylic acids is 1. The average Bonchev–Trinajstić information content (AvgIpc) is 2.70. The minimum absolute atomic E-state index is 0.0555. The summed E-state index contributed by atoms with van der Waals surface area (Å²) in [6.07, 6.45) is 0.801. The molecule has 1 unspecified atom stereocenters. The number of aromatic carboxylic acids is 1. The maximum Gasteiger partial charge on any atom is 0.340 e. The van der Waals surface area contributed by atoms with Crippen LogP contribution in [0.4, 0.5) is 10.1 Å². The van der Waals surface area contributed by atoms with Crippen molar-refractivity contribution in [3.63, 3.8) is 0 Å². The smallest absolute Gasteiger partial charge is 0.340 e. The molecule has 0 saturated carbocycles. The third-order valence-corrected chi connectivity index (χ3v) is 2.52. The molecule has 1 aromatic rings. The van der Waals surface area contributed by atoms with Gasteiger partial charge in [0.05, 0.1) is 18.3 Å². The van der Waals surface area contributed by atoms with E-state index in [1.807, 2.05) is 0 Å². The number of ether oxygens (including phenoxy) is 1. The van der Waals surface area contributed by atoms with Gasteiger partial charge in [0.15, 0.2) is 0 Å². The first-order valence-electron chi connectivity index (χ1n) is 5.04. The number of anilines is 1. The predicted octanol–water partition coefficient (Wildman–Crippen LogP) is 1.72. The van der Waals surface area contributed by atoms with Crippen LogP contribution < -0.4 is 5.32 Å². The van der Waals surface area contributed by atoms with Crippen LogP contribution in [0.2, 0.25) is 0 Å². The van der Waals surface area contributed by atoms with Gasteiger partial charge in [0, 0.05) is 6.61 Å². The topological polar surface area (TPSA) is 58.6 Å². The molecule has 1 fully saturated rings. The fourth-order valence-corrected chi connectivity index (χ4v) is 1.73. The Morgan fingerprint density at radius 1 is 1.56 bits per heavy atom. The molecule has 5 heteroatoms. The summed E-state index contributed by atoms with van der Waals surface area (Å²) in [6.45, 7) is 1.17. The van der Waals surface area contributed by atoms with Crippen LogP contribution in [0.5, 0.6) is 0 Å². The first-order chi connectivity index (χ1) is 7.68. The Morgan fingerprint density at radius 2 is 2.38 bits per heavy atom. The van der Waals surface area contributed by atoms with Crippen LogP contribution in [0, 0.1) is 5.82 Å². The van der Waals surface area contributed by atoms with Gasteiger partial charge < -0.3 is 15.2 Å². The second kappa shape index (κ2) is 4.49. The van der Waals surface area contributed by atoms with Gasteiger partial charge in [-0.1, -0.05) is 6.07 Å². The molecule has 1 aromatic carbocycles. The van der Waals surface area contributed by atoms with Crippen LogP contribution in [0.3, 0.4) is 0 Å². The normalized spacial score (nSPS) is 19.7. The number of carbonyl (C=O) groups is 1. The van der Waals surface area contributed by atoms with E-state index in [0.717, 1.165) is 12.5 Å². The molecule has 0 spiro atoms. The highest BCUT2D eigenvalue weighted by molar-refractivity contribution is 5.94. The Hall–Kier alpha value is -1.62. The molecule has 2 rings (SSSR count). The van der Waals surface area contributed by atoms with Crippen molar-refractivity contribution in [2.24, 2.45) is 0 Å². The summed E-state index contributed by atoms with van der Waals surface area (Å²) in [6, 6.07) is 4.24. The number of carboxylic acid groups (broad SMARTS) is 1. The van der Waals surface area contributed by atoms with E-state index in [2.05, 4.69) is 5.32 Å². The second-order valence-corrected chi connectivity index (χ2v) is 3.67. The number of nitrogens with one attached hydrogen (secondary N) is 1. The quantitative estimate of drug-likeness (QED) is 0.822. The molecule has 0 amide bonds. The SMILES string of the molecule is O=C(O)c1c(F)cccc1NC1CCOC1. The van der Waals surface area contributed by atoms with Gasteiger partial charge in [-0.25, -0.2) is 9.18 Å². The van der Waals surface area contributed by atoms with E-state index in [4.69, 9.17) is 9.84 Å². The first-order valence-corrected chi connectivity index (χ1v) is 5.04. The van der Waals surface area contributed by atoms with Crippen molar-refractivity contribution in [3.05, 3.63) is 29.6 Å². The summed E-state index contributed by atoms with van der Waals surface area (Å²) < 4.78 is 18.5.